The van der Waals surface area contributed by atoms with E-state index in [0.717, 1.165) is 25.2 Å². The fraction of sp³-hybridized carbons (Fsp3) is 0.235. The second-order valence-corrected chi connectivity index (χ2v) is 10.7. The third-order valence-electron chi connectivity index (χ3n) is 7.77. The highest BCUT2D eigenvalue weighted by Gasteiger charge is 2.17. The number of hydrogen-bond donors (Lipinski definition) is 1. The molecule has 0 amide bonds. The van der Waals surface area contributed by atoms with Gasteiger partial charge in [-0.1, -0.05) is 48.5 Å². The highest BCUT2D eigenvalue weighted by Crippen LogP contribution is 2.32. The van der Waals surface area contributed by atoms with Gasteiger partial charge >= 0.3 is 0 Å². The Morgan fingerprint density at radius 2 is 1.74 bits per heavy atom. The van der Waals surface area contributed by atoms with Crippen LogP contribution in [0.5, 0.6) is 5.75 Å². The minimum Gasteiger partial charge on any atom is -0.652 e. The normalized spacial score (nSPS) is 13.3. The van der Waals surface area contributed by atoms with E-state index in [-0.39, 0.29) is 29.2 Å². The third-order valence-corrected chi connectivity index (χ3v) is 7.77. The molecule has 1 aliphatic rings. The fourth-order valence-corrected chi connectivity index (χ4v) is 5.57. The largest absolute Gasteiger partial charge is 0.652 e. The number of nitrogens with one attached hydrogen (secondary N) is 1. The molecule has 0 unspecified atom stereocenters. The van der Waals surface area contributed by atoms with Crippen LogP contribution in [-0.4, -0.2) is 49.9 Å². The van der Waals surface area contributed by atoms with Gasteiger partial charge in [-0.05, 0) is 79.5 Å². The SMILES string of the molecule is COc1ccc([N-]c2c(C(=N)Cn3ccnc3)nc(C)n(-c3ccc(-c4ccccc4CN4CCCC4)cc3)c2=O)cc1. The summed E-state index contributed by atoms with van der Waals surface area (Å²) in [6.45, 7) is 5.21. The maximum absolute atomic E-state index is 14.1. The van der Waals surface area contributed by atoms with E-state index in [1.54, 1.807) is 66.2 Å². The lowest BCUT2D eigenvalue weighted by Crippen LogP contribution is -2.26. The van der Waals surface area contributed by atoms with Crippen molar-refractivity contribution < 1.29 is 4.74 Å². The van der Waals surface area contributed by atoms with Gasteiger partial charge in [0.1, 0.15) is 11.6 Å². The monoisotopic (exact) mass is 572 g/mol. The molecule has 0 spiro atoms. The van der Waals surface area contributed by atoms with Gasteiger partial charge in [0.25, 0.3) is 0 Å². The zero-order valence-corrected chi connectivity index (χ0v) is 24.4. The van der Waals surface area contributed by atoms with Crippen molar-refractivity contribution in [1.29, 1.82) is 5.41 Å². The molecule has 1 saturated heterocycles. The molecule has 0 aliphatic carbocycles. The van der Waals surface area contributed by atoms with Crippen LogP contribution in [0.4, 0.5) is 11.4 Å². The number of methoxy groups -OCH3 is 1. The van der Waals surface area contributed by atoms with Crippen molar-refractivity contribution in [1.82, 2.24) is 24.0 Å². The first kappa shape index (κ1) is 28.1. The quantitative estimate of drug-likeness (QED) is 0.195. The third kappa shape index (κ3) is 6.12. The van der Waals surface area contributed by atoms with E-state index < -0.39 is 0 Å². The molecule has 6 rings (SSSR count). The van der Waals surface area contributed by atoms with Crippen LogP contribution in [0, 0.1) is 12.3 Å². The van der Waals surface area contributed by atoms with E-state index in [4.69, 9.17) is 20.4 Å². The first-order valence-electron chi connectivity index (χ1n) is 14.4. The average molecular weight is 573 g/mol. The summed E-state index contributed by atoms with van der Waals surface area (Å²) in [6.07, 6.45) is 7.57. The van der Waals surface area contributed by atoms with E-state index in [9.17, 15) is 4.79 Å². The topological polar surface area (TPSA) is 103 Å². The van der Waals surface area contributed by atoms with Crippen LogP contribution in [0.2, 0.25) is 0 Å². The van der Waals surface area contributed by atoms with Crippen LogP contribution in [-0.2, 0) is 13.1 Å². The molecule has 5 aromatic rings. The average Bonchev–Trinajstić information content (AvgIpc) is 3.74. The van der Waals surface area contributed by atoms with Gasteiger partial charge in [-0.15, -0.1) is 5.69 Å². The maximum atomic E-state index is 14.1. The summed E-state index contributed by atoms with van der Waals surface area (Å²) in [7, 11) is 1.60. The van der Waals surface area contributed by atoms with Crippen molar-refractivity contribution in [2.24, 2.45) is 0 Å². The zero-order valence-electron chi connectivity index (χ0n) is 24.4. The van der Waals surface area contributed by atoms with E-state index >= 15 is 0 Å². The molecule has 9 heteroatoms. The molecular formula is C34H34N7O2-. The van der Waals surface area contributed by atoms with E-state index in [0.29, 0.717) is 22.9 Å². The predicted octanol–water partition coefficient (Wildman–Crippen LogP) is 6.41. The lowest BCUT2D eigenvalue weighted by atomic mass is 9.99. The second kappa shape index (κ2) is 12.5. The minimum absolute atomic E-state index is 0.112. The van der Waals surface area contributed by atoms with E-state index in [1.807, 2.05) is 12.1 Å². The molecule has 0 bridgehead atoms. The van der Waals surface area contributed by atoms with Crippen molar-refractivity contribution >= 4 is 17.1 Å². The Hall–Kier alpha value is -5.02. The van der Waals surface area contributed by atoms with Crippen LogP contribution >= 0.6 is 0 Å². The lowest BCUT2D eigenvalue weighted by molar-refractivity contribution is 0.332. The van der Waals surface area contributed by atoms with Gasteiger partial charge < -0.3 is 20.0 Å². The van der Waals surface area contributed by atoms with Crippen LogP contribution < -0.4 is 10.3 Å². The summed E-state index contributed by atoms with van der Waals surface area (Å²) in [5, 5.41) is 13.5. The number of rotatable bonds is 10. The molecule has 0 radical (unpaired) electrons. The zero-order chi connectivity index (χ0) is 29.8. The number of benzene rings is 3. The molecular weight excluding hydrogens is 538 g/mol. The Labute approximate surface area is 250 Å². The van der Waals surface area contributed by atoms with Crippen LogP contribution in [0.1, 0.15) is 29.9 Å². The summed E-state index contributed by atoms with van der Waals surface area (Å²) >= 11 is 0. The molecule has 0 saturated carbocycles. The number of hydrogen-bond acceptors (Lipinski definition) is 6. The van der Waals surface area contributed by atoms with Crippen molar-refractivity contribution in [2.75, 3.05) is 20.2 Å². The van der Waals surface area contributed by atoms with Crippen LogP contribution in [0.25, 0.3) is 22.1 Å². The molecule has 3 aromatic carbocycles. The lowest BCUT2D eigenvalue weighted by Gasteiger charge is -2.26. The number of likely N-dealkylation sites (tertiary alicyclic amines) is 1. The van der Waals surface area contributed by atoms with Crippen molar-refractivity contribution in [2.45, 2.75) is 32.9 Å². The number of ether oxygens (including phenoxy) is 1. The predicted molar refractivity (Wildman–Crippen MR) is 169 cm³/mol. The van der Waals surface area contributed by atoms with Crippen molar-refractivity contribution in [3.8, 4) is 22.6 Å². The van der Waals surface area contributed by atoms with Gasteiger partial charge in [0, 0.05) is 18.9 Å². The first-order chi connectivity index (χ1) is 21.0. The van der Waals surface area contributed by atoms with Gasteiger partial charge in [0.05, 0.1) is 37.1 Å². The van der Waals surface area contributed by atoms with Gasteiger partial charge in [-0.3, -0.25) is 14.3 Å². The fourth-order valence-electron chi connectivity index (χ4n) is 5.57. The maximum Gasteiger partial charge on any atom is 0.243 e. The highest BCUT2D eigenvalue weighted by atomic mass is 16.5. The number of aryl methyl sites for hydroxylation is 1. The van der Waals surface area contributed by atoms with Crippen molar-refractivity contribution in [3.05, 3.63) is 124 Å². The molecule has 3 heterocycles. The van der Waals surface area contributed by atoms with E-state index in [1.165, 1.54) is 24.0 Å². The Kier molecular flexibility index (Phi) is 8.15. The molecule has 1 N–H and O–H groups in total. The van der Waals surface area contributed by atoms with Crippen molar-refractivity contribution in [3.63, 3.8) is 0 Å². The summed E-state index contributed by atoms with van der Waals surface area (Å²) in [4.78, 5) is 25.5. The number of aromatic nitrogens is 4. The number of imidazole rings is 1. The summed E-state index contributed by atoms with van der Waals surface area (Å²) in [5.74, 6) is 1.17. The first-order valence-corrected chi connectivity index (χ1v) is 14.4. The van der Waals surface area contributed by atoms with E-state index in [2.05, 4.69) is 46.3 Å². The molecule has 218 valence electrons. The Bertz CT molecular complexity index is 1770. The molecule has 2 aromatic heterocycles. The summed E-state index contributed by atoms with van der Waals surface area (Å²) in [5.41, 5.74) is 5.04. The second-order valence-electron chi connectivity index (χ2n) is 10.7. The summed E-state index contributed by atoms with van der Waals surface area (Å²) < 4.78 is 8.61. The minimum atomic E-state index is -0.337. The molecule has 1 fully saturated rings. The van der Waals surface area contributed by atoms with Gasteiger partial charge in [-0.2, -0.15) is 0 Å². The molecule has 0 atom stereocenters. The Morgan fingerprint density at radius 1 is 1.00 bits per heavy atom. The highest BCUT2D eigenvalue weighted by molar-refractivity contribution is 6.02. The van der Waals surface area contributed by atoms with Gasteiger partial charge in [-0.25, -0.2) is 9.97 Å². The van der Waals surface area contributed by atoms with Gasteiger partial charge in [0.15, 0.2) is 0 Å². The molecule has 43 heavy (non-hydrogen) atoms. The van der Waals surface area contributed by atoms with Gasteiger partial charge in [0.2, 0.25) is 5.56 Å². The number of nitrogens with zero attached hydrogens (tertiary/aromatic N) is 6. The molecule has 9 nitrogen and oxygen atoms in total. The Morgan fingerprint density at radius 3 is 2.44 bits per heavy atom. The smallest absolute Gasteiger partial charge is 0.243 e. The Balaban J connectivity index is 1.37. The standard InChI is InChI=1S/C34H34N7O2/c1-24-37-32(31(35)22-40-20-17-36-23-40)33(38-27-11-15-29(43-2)16-12-27)34(42)41(24)28-13-9-25(10-14-28)30-8-4-3-7-26(30)21-39-18-5-6-19-39/h3-4,7-17,20,23H,5-6,18-19,21-22H2,1-2H3,(H-,35,38)/q-1. The molecule has 1 aliphatic heterocycles. The van der Waals surface area contributed by atoms with Crippen LogP contribution in [0.3, 0.4) is 0 Å². The summed E-state index contributed by atoms with van der Waals surface area (Å²) in [6, 6.07) is 23.7. The van der Waals surface area contributed by atoms with Crippen LogP contribution in [0.15, 0.2) is 96.3 Å².